The average Bonchev–Trinajstić information content (AvgIpc) is 2.84. The summed E-state index contributed by atoms with van der Waals surface area (Å²) in [6.45, 7) is 18.3. The first-order chi connectivity index (χ1) is 20.1. The molecule has 0 saturated carbocycles. The highest BCUT2D eigenvalue weighted by Gasteiger charge is 2.66. The predicted octanol–water partition coefficient (Wildman–Crippen LogP) is 7.54. The van der Waals surface area contributed by atoms with Gasteiger partial charge in [-0.25, -0.2) is 18.9 Å². The number of halogens is 1. The summed E-state index contributed by atoms with van der Waals surface area (Å²) in [5.74, 6) is -1.58. The van der Waals surface area contributed by atoms with Gasteiger partial charge in [-0.15, -0.1) is 0 Å². The van der Waals surface area contributed by atoms with E-state index in [2.05, 4.69) is 0 Å². The summed E-state index contributed by atoms with van der Waals surface area (Å²) >= 11 is 0. The van der Waals surface area contributed by atoms with Crippen molar-refractivity contribution in [2.75, 3.05) is 25.9 Å². The van der Waals surface area contributed by atoms with E-state index in [4.69, 9.17) is 14.0 Å². The molecule has 0 spiro atoms. The van der Waals surface area contributed by atoms with Crippen LogP contribution >= 0.6 is 7.37 Å². The molecule has 12 heteroatoms. The van der Waals surface area contributed by atoms with Crippen molar-refractivity contribution in [2.24, 2.45) is 5.41 Å². The number of aliphatic carboxylic acids is 1. The molecule has 1 aromatic rings. The SMILES string of the molecule is CCOP1(=O)CCN(Cc2ccc(F)cc2)C(C(C)(C)C)C1(CCCCN(C(=O)OC(C)(C)C)C(=O)OC(C)(C)C)C(=O)O. The Balaban J connectivity index is 2.46. The fourth-order valence-corrected chi connectivity index (χ4v) is 9.37. The first-order valence-electron chi connectivity index (χ1n) is 15.3. The Bertz CT molecular complexity index is 1170. The Hall–Kier alpha value is -2.49. The number of carbonyl (C=O) groups excluding carboxylic acids is 2. The third kappa shape index (κ3) is 9.51. The first-order valence-corrected chi connectivity index (χ1v) is 17.1. The number of amides is 2. The van der Waals surface area contributed by atoms with Crippen molar-refractivity contribution in [3.63, 3.8) is 0 Å². The van der Waals surface area contributed by atoms with Gasteiger partial charge in [0, 0.05) is 31.8 Å². The van der Waals surface area contributed by atoms with Crippen molar-refractivity contribution < 1.29 is 42.4 Å². The van der Waals surface area contributed by atoms with E-state index >= 15 is 0 Å². The largest absolute Gasteiger partial charge is 0.480 e. The summed E-state index contributed by atoms with van der Waals surface area (Å²) < 4.78 is 45.1. The molecule has 0 aromatic heterocycles. The molecule has 10 nitrogen and oxygen atoms in total. The number of hydrogen-bond acceptors (Lipinski definition) is 8. The second-order valence-electron chi connectivity index (χ2n) is 14.5. The average molecular weight is 643 g/mol. The van der Waals surface area contributed by atoms with Crippen molar-refractivity contribution in [2.45, 2.75) is 117 Å². The number of imide groups is 1. The fraction of sp³-hybridized carbons (Fsp3) is 0.719. The third-order valence-corrected chi connectivity index (χ3v) is 10.7. The van der Waals surface area contributed by atoms with Gasteiger partial charge in [0.15, 0.2) is 5.16 Å². The highest BCUT2D eigenvalue weighted by molar-refractivity contribution is 7.62. The van der Waals surface area contributed by atoms with Crippen LogP contribution in [0.4, 0.5) is 14.0 Å². The van der Waals surface area contributed by atoms with Gasteiger partial charge < -0.3 is 19.1 Å². The number of carboxylic acid groups (broad SMARTS) is 1. The molecule has 1 fully saturated rings. The van der Waals surface area contributed by atoms with Crippen molar-refractivity contribution >= 4 is 25.5 Å². The van der Waals surface area contributed by atoms with E-state index in [1.54, 1.807) is 60.6 Å². The number of unbranched alkanes of at least 4 members (excludes halogenated alkanes) is 1. The maximum atomic E-state index is 14.6. The molecule has 1 aliphatic rings. The van der Waals surface area contributed by atoms with E-state index in [-0.39, 0.29) is 44.4 Å². The van der Waals surface area contributed by atoms with Gasteiger partial charge in [0.1, 0.15) is 17.0 Å². The predicted molar refractivity (Wildman–Crippen MR) is 168 cm³/mol. The molecular formula is C32H52FN2O8P. The van der Waals surface area contributed by atoms with Gasteiger partial charge in [-0.05, 0) is 90.8 Å². The van der Waals surface area contributed by atoms with Crippen LogP contribution in [0.3, 0.4) is 0 Å². The number of ether oxygens (including phenoxy) is 2. The number of carboxylic acids is 1. The lowest BCUT2D eigenvalue weighted by atomic mass is 9.74. The van der Waals surface area contributed by atoms with Gasteiger partial charge in [0.05, 0.1) is 6.61 Å². The minimum absolute atomic E-state index is 0.0159. The number of benzene rings is 1. The highest BCUT2D eigenvalue weighted by Crippen LogP contribution is 2.67. The van der Waals surface area contributed by atoms with Crippen molar-refractivity contribution in [1.29, 1.82) is 0 Å². The molecule has 1 aromatic carbocycles. The molecular weight excluding hydrogens is 590 g/mol. The molecule has 1 N–H and O–H groups in total. The zero-order valence-corrected chi connectivity index (χ0v) is 29.0. The molecule has 250 valence electrons. The molecule has 0 bridgehead atoms. The third-order valence-electron chi connectivity index (χ3n) is 7.35. The Morgan fingerprint density at radius 1 is 0.977 bits per heavy atom. The topological polar surface area (TPSA) is 123 Å². The van der Waals surface area contributed by atoms with Gasteiger partial charge in [-0.2, -0.15) is 0 Å². The summed E-state index contributed by atoms with van der Waals surface area (Å²) in [5, 5.41) is 9.18. The van der Waals surface area contributed by atoms with Crippen LogP contribution < -0.4 is 0 Å². The Morgan fingerprint density at radius 2 is 1.50 bits per heavy atom. The number of nitrogens with zero attached hydrogens (tertiary/aromatic N) is 2. The van der Waals surface area contributed by atoms with E-state index in [1.165, 1.54) is 12.1 Å². The van der Waals surface area contributed by atoms with Crippen molar-refractivity contribution in [3.8, 4) is 0 Å². The fourth-order valence-electron chi connectivity index (χ4n) is 5.96. The van der Waals surface area contributed by atoms with Crippen molar-refractivity contribution in [1.82, 2.24) is 9.80 Å². The van der Waals surface area contributed by atoms with E-state index < -0.39 is 53.3 Å². The van der Waals surface area contributed by atoms with Gasteiger partial charge >= 0.3 is 18.2 Å². The molecule has 3 atom stereocenters. The lowest BCUT2D eigenvalue weighted by Crippen LogP contribution is -2.66. The molecule has 1 aliphatic heterocycles. The standard InChI is InChI=1S/C32H52FN2O8P/c1-11-41-44(40)21-20-34(22-23-14-16-24(33)17-15-23)25(29(2,3)4)32(44,26(36)37)18-12-13-19-35(27(38)42-30(5,6)7)28(39)43-31(8,9)10/h14-17,25H,11-13,18-22H2,1-10H3,(H,36,37). The zero-order valence-electron chi connectivity index (χ0n) is 28.1. The molecule has 2 rings (SSSR count). The molecule has 44 heavy (non-hydrogen) atoms. The minimum Gasteiger partial charge on any atom is -0.480 e. The van der Waals surface area contributed by atoms with Crippen molar-refractivity contribution in [3.05, 3.63) is 35.6 Å². The van der Waals surface area contributed by atoms with Crippen LogP contribution in [0.15, 0.2) is 24.3 Å². The van der Waals surface area contributed by atoms with Crippen LogP contribution in [-0.2, 0) is 29.9 Å². The Morgan fingerprint density at radius 3 is 1.93 bits per heavy atom. The number of carbonyl (C=O) groups is 3. The normalized spacial score (nSPS) is 23.2. The number of rotatable bonds is 10. The Labute approximate surface area is 262 Å². The second kappa shape index (κ2) is 14.3. The second-order valence-corrected chi connectivity index (χ2v) is 17.3. The highest BCUT2D eigenvalue weighted by atomic mass is 31.2. The minimum atomic E-state index is -3.77. The van der Waals surface area contributed by atoms with Crippen LogP contribution in [0.5, 0.6) is 0 Å². The quantitative estimate of drug-likeness (QED) is 0.204. The lowest BCUT2D eigenvalue weighted by molar-refractivity contribution is -0.146. The molecule has 3 unspecified atom stereocenters. The molecule has 2 amide bonds. The molecule has 0 aliphatic carbocycles. The molecule has 1 heterocycles. The van der Waals surface area contributed by atoms with E-state index in [1.807, 2.05) is 25.7 Å². The Kier molecular flexibility index (Phi) is 12.2. The summed E-state index contributed by atoms with van der Waals surface area (Å²) in [6, 6.07) is 5.34. The van der Waals surface area contributed by atoms with Crippen LogP contribution in [0, 0.1) is 11.2 Å². The summed E-state index contributed by atoms with van der Waals surface area (Å²) in [5.41, 5.74) is -1.56. The van der Waals surface area contributed by atoms with Crippen LogP contribution in [-0.4, -0.2) is 81.3 Å². The monoisotopic (exact) mass is 642 g/mol. The summed E-state index contributed by atoms with van der Waals surface area (Å²) in [6.07, 6.45) is -1.26. The summed E-state index contributed by atoms with van der Waals surface area (Å²) in [7, 11) is -3.77. The van der Waals surface area contributed by atoms with Crippen LogP contribution in [0.1, 0.15) is 94.1 Å². The van der Waals surface area contributed by atoms with Gasteiger partial charge in [0.2, 0.25) is 7.37 Å². The maximum Gasteiger partial charge on any atom is 0.419 e. The first kappa shape index (κ1) is 37.7. The number of hydrogen-bond donors (Lipinski definition) is 1. The molecule has 0 radical (unpaired) electrons. The van der Waals surface area contributed by atoms with Crippen LogP contribution in [0.25, 0.3) is 0 Å². The van der Waals surface area contributed by atoms with Gasteiger partial charge in [-0.3, -0.25) is 14.3 Å². The smallest absolute Gasteiger partial charge is 0.419 e. The van der Waals surface area contributed by atoms with Crippen LogP contribution in [0.2, 0.25) is 0 Å². The summed E-state index contributed by atoms with van der Waals surface area (Å²) in [4.78, 5) is 42.3. The molecule has 1 saturated heterocycles. The van der Waals surface area contributed by atoms with E-state index in [9.17, 15) is 28.4 Å². The van der Waals surface area contributed by atoms with E-state index in [0.717, 1.165) is 10.5 Å². The van der Waals surface area contributed by atoms with Gasteiger partial charge in [0.25, 0.3) is 0 Å². The van der Waals surface area contributed by atoms with E-state index in [0.29, 0.717) is 13.1 Å². The lowest BCUT2D eigenvalue weighted by Gasteiger charge is -2.55. The maximum absolute atomic E-state index is 14.6. The zero-order chi connectivity index (χ0) is 33.7. The van der Waals surface area contributed by atoms with Gasteiger partial charge in [-0.1, -0.05) is 32.9 Å².